The molecule has 1 saturated heterocycles. The number of ether oxygens (including phenoxy) is 3. The van der Waals surface area contributed by atoms with E-state index in [1.165, 1.54) is 4.90 Å². The molecule has 0 radical (unpaired) electrons. The molecule has 3 amide bonds. The number of nitrogens with one attached hydrogen (secondary N) is 1. The van der Waals surface area contributed by atoms with Gasteiger partial charge in [0.25, 0.3) is 5.91 Å². The Kier molecular flexibility index (Phi) is 6.30. The molecule has 30 heavy (non-hydrogen) atoms. The SMILES string of the molecule is C=C(C)COc1ccc(C2(C)NC(=O)N(CCOc3ccc(OC)cc3)C2=O)cc1. The van der Waals surface area contributed by atoms with Crippen LogP contribution in [0.2, 0.25) is 0 Å². The van der Waals surface area contributed by atoms with E-state index in [1.807, 2.05) is 6.92 Å². The summed E-state index contributed by atoms with van der Waals surface area (Å²) in [5.74, 6) is 1.72. The van der Waals surface area contributed by atoms with Gasteiger partial charge in [0.1, 0.15) is 36.0 Å². The van der Waals surface area contributed by atoms with E-state index in [0.717, 1.165) is 11.3 Å². The zero-order valence-electron chi connectivity index (χ0n) is 17.4. The average molecular weight is 410 g/mol. The zero-order valence-corrected chi connectivity index (χ0v) is 17.4. The maximum absolute atomic E-state index is 13.0. The van der Waals surface area contributed by atoms with Crippen LogP contribution >= 0.6 is 0 Å². The van der Waals surface area contributed by atoms with E-state index in [4.69, 9.17) is 14.2 Å². The fourth-order valence-electron chi connectivity index (χ4n) is 3.11. The lowest BCUT2D eigenvalue weighted by Crippen LogP contribution is -2.41. The number of urea groups is 1. The highest BCUT2D eigenvalue weighted by Gasteiger charge is 2.48. The smallest absolute Gasteiger partial charge is 0.325 e. The summed E-state index contributed by atoms with van der Waals surface area (Å²) in [5.41, 5.74) is 0.461. The number of hydrogen-bond donors (Lipinski definition) is 1. The van der Waals surface area contributed by atoms with Crippen molar-refractivity contribution in [1.82, 2.24) is 10.2 Å². The lowest BCUT2D eigenvalue weighted by atomic mass is 9.92. The molecule has 1 aliphatic rings. The van der Waals surface area contributed by atoms with Gasteiger partial charge in [0.05, 0.1) is 13.7 Å². The third-order valence-corrected chi connectivity index (χ3v) is 4.83. The van der Waals surface area contributed by atoms with Crippen molar-refractivity contribution in [2.75, 3.05) is 26.9 Å². The molecule has 7 heteroatoms. The van der Waals surface area contributed by atoms with Crippen molar-refractivity contribution in [2.45, 2.75) is 19.4 Å². The lowest BCUT2D eigenvalue weighted by Gasteiger charge is -2.22. The second kappa shape index (κ2) is 8.90. The molecule has 0 bridgehead atoms. The zero-order chi connectivity index (χ0) is 21.7. The number of benzene rings is 2. The van der Waals surface area contributed by atoms with Gasteiger partial charge in [-0.2, -0.15) is 0 Å². The summed E-state index contributed by atoms with van der Waals surface area (Å²) in [4.78, 5) is 26.6. The molecule has 1 aliphatic heterocycles. The summed E-state index contributed by atoms with van der Waals surface area (Å²) in [6, 6.07) is 13.8. The number of rotatable bonds is 9. The number of imide groups is 1. The average Bonchev–Trinajstić information content (AvgIpc) is 2.97. The number of hydrogen-bond acceptors (Lipinski definition) is 5. The fraction of sp³-hybridized carbons (Fsp3) is 0.304. The van der Waals surface area contributed by atoms with Crippen LogP contribution in [0.5, 0.6) is 17.2 Å². The van der Waals surface area contributed by atoms with Crippen molar-refractivity contribution in [2.24, 2.45) is 0 Å². The molecule has 0 spiro atoms. The minimum Gasteiger partial charge on any atom is -0.497 e. The summed E-state index contributed by atoms with van der Waals surface area (Å²) in [7, 11) is 1.59. The van der Waals surface area contributed by atoms with E-state index in [9.17, 15) is 9.59 Å². The number of carbonyl (C=O) groups is 2. The number of carbonyl (C=O) groups excluding carboxylic acids is 2. The van der Waals surface area contributed by atoms with Crippen LogP contribution in [0, 0.1) is 0 Å². The van der Waals surface area contributed by atoms with E-state index >= 15 is 0 Å². The van der Waals surface area contributed by atoms with Crippen molar-refractivity contribution in [3.63, 3.8) is 0 Å². The van der Waals surface area contributed by atoms with Gasteiger partial charge in [0.2, 0.25) is 0 Å². The van der Waals surface area contributed by atoms with Gasteiger partial charge >= 0.3 is 6.03 Å². The Morgan fingerprint density at radius 1 is 1.00 bits per heavy atom. The van der Waals surface area contributed by atoms with Crippen molar-refractivity contribution in [3.05, 3.63) is 66.2 Å². The molecule has 2 aromatic rings. The van der Waals surface area contributed by atoms with Gasteiger partial charge in [-0.25, -0.2) is 4.79 Å². The predicted molar refractivity (Wildman–Crippen MR) is 113 cm³/mol. The van der Waals surface area contributed by atoms with Crippen LogP contribution in [-0.2, 0) is 10.3 Å². The quantitative estimate of drug-likeness (QED) is 0.506. The normalized spacial score (nSPS) is 18.2. The van der Waals surface area contributed by atoms with E-state index in [1.54, 1.807) is 62.6 Å². The van der Waals surface area contributed by atoms with Crippen LogP contribution in [0.1, 0.15) is 19.4 Å². The molecular weight excluding hydrogens is 384 g/mol. The first-order chi connectivity index (χ1) is 14.3. The highest BCUT2D eigenvalue weighted by molar-refractivity contribution is 6.07. The Hall–Kier alpha value is -3.48. The molecule has 158 valence electrons. The van der Waals surface area contributed by atoms with Gasteiger partial charge in [0, 0.05) is 0 Å². The molecule has 0 aromatic heterocycles. The van der Waals surface area contributed by atoms with Gasteiger partial charge in [-0.05, 0) is 61.4 Å². The second-order valence-electron chi connectivity index (χ2n) is 7.31. The molecule has 7 nitrogen and oxygen atoms in total. The number of methoxy groups -OCH3 is 1. The van der Waals surface area contributed by atoms with E-state index in [2.05, 4.69) is 11.9 Å². The first-order valence-electron chi connectivity index (χ1n) is 9.62. The second-order valence-corrected chi connectivity index (χ2v) is 7.31. The molecule has 1 atom stereocenters. The summed E-state index contributed by atoms with van der Waals surface area (Å²) in [6.45, 7) is 8.14. The summed E-state index contributed by atoms with van der Waals surface area (Å²) in [5, 5.41) is 2.79. The molecular formula is C23H26N2O5. The van der Waals surface area contributed by atoms with Gasteiger partial charge in [-0.3, -0.25) is 9.69 Å². The van der Waals surface area contributed by atoms with Crippen LogP contribution in [0.3, 0.4) is 0 Å². The van der Waals surface area contributed by atoms with Crippen molar-refractivity contribution >= 4 is 11.9 Å². The Bertz CT molecular complexity index is 924. The fourth-order valence-corrected chi connectivity index (χ4v) is 3.11. The highest BCUT2D eigenvalue weighted by atomic mass is 16.5. The third-order valence-electron chi connectivity index (χ3n) is 4.83. The molecule has 0 aliphatic carbocycles. The van der Waals surface area contributed by atoms with Crippen LogP contribution in [0.4, 0.5) is 4.79 Å². The van der Waals surface area contributed by atoms with Crippen LogP contribution in [0.15, 0.2) is 60.7 Å². The van der Waals surface area contributed by atoms with Gasteiger partial charge in [-0.1, -0.05) is 18.7 Å². The summed E-state index contributed by atoms with van der Waals surface area (Å²) < 4.78 is 16.3. The predicted octanol–water partition coefficient (Wildman–Crippen LogP) is 3.50. The van der Waals surface area contributed by atoms with Crippen LogP contribution in [0.25, 0.3) is 0 Å². The Labute approximate surface area is 176 Å². The summed E-state index contributed by atoms with van der Waals surface area (Å²) >= 11 is 0. The summed E-state index contributed by atoms with van der Waals surface area (Å²) in [6.07, 6.45) is 0. The van der Waals surface area contributed by atoms with Crippen LogP contribution in [-0.4, -0.2) is 43.7 Å². The van der Waals surface area contributed by atoms with Crippen molar-refractivity contribution in [3.8, 4) is 17.2 Å². The van der Waals surface area contributed by atoms with Gasteiger partial charge in [0.15, 0.2) is 0 Å². The van der Waals surface area contributed by atoms with E-state index < -0.39 is 11.6 Å². The molecule has 1 unspecified atom stereocenters. The first-order valence-corrected chi connectivity index (χ1v) is 9.62. The maximum atomic E-state index is 13.0. The standard InChI is InChI=1S/C23H26N2O5/c1-16(2)15-30-20-7-5-17(6-8-20)23(3)21(26)25(22(27)24-23)13-14-29-19-11-9-18(28-4)10-12-19/h5-12H,1,13-15H2,2-4H3,(H,24,27). The van der Waals surface area contributed by atoms with E-state index in [-0.39, 0.29) is 19.1 Å². The largest absolute Gasteiger partial charge is 0.497 e. The maximum Gasteiger partial charge on any atom is 0.325 e. The molecule has 1 heterocycles. The first kappa shape index (κ1) is 21.2. The van der Waals surface area contributed by atoms with E-state index in [0.29, 0.717) is 23.7 Å². The number of nitrogens with zero attached hydrogens (tertiary/aromatic N) is 1. The highest BCUT2D eigenvalue weighted by Crippen LogP contribution is 2.30. The lowest BCUT2D eigenvalue weighted by molar-refractivity contribution is -0.131. The monoisotopic (exact) mass is 410 g/mol. The molecule has 1 N–H and O–H groups in total. The third kappa shape index (κ3) is 4.56. The Balaban J connectivity index is 1.61. The van der Waals surface area contributed by atoms with Gasteiger partial charge in [-0.15, -0.1) is 0 Å². The minimum absolute atomic E-state index is 0.145. The number of amides is 3. The molecule has 1 fully saturated rings. The topological polar surface area (TPSA) is 77.1 Å². The Morgan fingerprint density at radius 2 is 1.57 bits per heavy atom. The minimum atomic E-state index is -1.13. The van der Waals surface area contributed by atoms with Gasteiger partial charge < -0.3 is 19.5 Å². The molecule has 0 saturated carbocycles. The van der Waals surface area contributed by atoms with Crippen molar-refractivity contribution in [1.29, 1.82) is 0 Å². The van der Waals surface area contributed by atoms with Crippen LogP contribution < -0.4 is 19.5 Å². The van der Waals surface area contributed by atoms with Crippen molar-refractivity contribution < 1.29 is 23.8 Å². The molecule has 3 rings (SSSR count). The molecule has 2 aromatic carbocycles. The Morgan fingerprint density at radius 3 is 2.17 bits per heavy atom.